The van der Waals surface area contributed by atoms with Crippen LogP contribution in [0.5, 0.6) is 6.01 Å². The Morgan fingerprint density at radius 3 is 2.50 bits per heavy atom. The van der Waals surface area contributed by atoms with Gasteiger partial charge in [0.15, 0.2) is 0 Å². The highest BCUT2D eigenvalue weighted by Gasteiger charge is 2.16. The summed E-state index contributed by atoms with van der Waals surface area (Å²) in [5.41, 5.74) is 5.65. The van der Waals surface area contributed by atoms with Crippen LogP contribution in [0.25, 0.3) is 0 Å². The molecule has 0 aliphatic rings. The fraction of sp³-hybridized carbons (Fsp3) is 0.667. The molecule has 1 aromatic rings. The van der Waals surface area contributed by atoms with Gasteiger partial charge in [-0.25, -0.2) is 0 Å². The van der Waals surface area contributed by atoms with Crippen LogP contribution in [-0.4, -0.2) is 59.6 Å². The number of carbonyl (C=O) groups is 1. The molecule has 0 atom stereocenters. The van der Waals surface area contributed by atoms with Gasteiger partial charge < -0.3 is 20.3 Å². The van der Waals surface area contributed by atoms with Crippen molar-refractivity contribution in [1.82, 2.24) is 19.9 Å². The van der Waals surface area contributed by atoms with Crippen LogP contribution in [0.3, 0.4) is 0 Å². The summed E-state index contributed by atoms with van der Waals surface area (Å²) in [6.45, 7) is 5.16. The number of nitrogen functional groups attached to an aromatic ring is 1. The minimum Gasteiger partial charge on any atom is -0.463 e. The zero-order valence-electron chi connectivity index (χ0n) is 12.5. The van der Waals surface area contributed by atoms with Gasteiger partial charge in [0.2, 0.25) is 17.8 Å². The Labute approximate surface area is 119 Å². The fourth-order valence-electron chi connectivity index (χ4n) is 1.39. The zero-order chi connectivity index (χ0) is 15.1. The molecule has 20 heavy (non-hydrogen) atoms. The molecule has 0 radical (unpaired) electrons. The van der Waals surface area contributed by atoms with Crippen molar-refractivity contribution in [3.63, 3.8) is 0 Å². The maximum Gasteiger partial charge on any atom is 0.323 e. The third-order valence-electron chi connectivity index (χ3n) is 2.55. The van der Waals surface area contributed by atoms with E-state index in [1.54, 1.807) is 19.0 Å². The van der Waals surface area contributed by atoms with E-state index in [1.807, 2.05) is 13.8 Å². The van der Waals surface area contributed by atoms with E-state index >= 15 is 0 Å². The molecule has 1 rings (SSSR count). The van der Waals surface area contributed by atoms with E-state index in [4.69, 9.17) is 10.5 Å². The maximum absolute atomic E-state index is 11.8. The average molecular weight is 282 g/mol. The van der Waals surface area contributed by atoms with Crippen molar-refractivity contribution in [3.8, 4) is 6.01 Å². The summed E-state index contributed by atoms with van der Waals surface area (Å²) >= 11 is 0. The Kier molecular flexibility index (Phi) is 5.95. The Morgan fingerprint density at radius 2 is 1.95 bits per heavy atom. The second kappa shape index (κ2) is 7.46. The van der Waals surface area contributed by atoms with Crippen molar-refractivity contribution in [2.24, 2.45) is 0 Å². The standard InChI is InChI=1S/C12H22N6O2/c1-5-7-20-12-15-10(13)14-11(16-12)18(6-2)8-9(19)17(3)4/h5-8H2,1-4H3,(H2,13,14,15,16). The largest absolute Gasteiger partial charge is 0.463 e. The third-order valence-corrected chi connectivity index (χ3v) is 2.55. The second-order valence-electron chi connectivity index (χ2n) is 4.43. The van der Waals surface area contributed by atoms with Gasteiger partial charge in [0.25, 0.3) is 0 Å². The molecule has 1 amide bonds. The number of ether oxygens (including phenoxy) is 1. The number of aromatic nitrogens is 3. The molecule has 1 aromatic heterocycles. The quantitative estimate of drug-likeness (QED) is 0.760. The molecule has 2 N–H and O–H groups in total. The van der Waals surface area contributed by atoms with Crippen molar-refractivity contribution >= 4 is 17.8 Å². The van der Waals surface area contributed by atoms with Gasteiger partial charge in [-0.2, -0.15) is 15.0 Å². The number of rotatable bonds is 7. The summed E-state index contributed by atoms with van der Waals surface area (Å²) < 4.78 is 5.36. The van der Waals surface area contributed by atoms with Crippen molar-refractivity contribution in [2.75, 3.05) is 44.4 Å². The van der Waals surface area contributed by atoms with Gasteiger partial charge in [0.05, 0.1) is 13.2 Å². The molecule has 112 valence electrons. The molecular formula is C12H22N6O2. The third kappa shape index (κ3) is 4.52. The summed E-state index contributed by atoms with van der Waals surface area (Å²) in [6.07, 6.45) is 0.845. The molecule has 1 heterocycles. The first-order valence-corrected chi connectivity index (χ1v) is 6.57. The molecule has 0 unspecified atom stereocenters. The monoisotopic (exact) mass is 282 g/mol. The lowest BCUT2D eigenvalue weighted by molar-refractivity contribution is -0.127. The predicted octanol–water partition coefficient (Wildman–Crippen LogP) is 0.157. The van der Waals surface area contributed by atoms with E-state index in [-0.39, 0.29) is 24.4 Å². The molecule has 0 aliphatic carbocycles. The van der Waals surface area contributed by atoms with Crippen LogP contribution >= 0.6 is 0 Å². The highest BCUT2D eigenvalue weighted by molar-refractivity contribution is 5.80. The predicted molar refractivity (Wildman–Crippen MR) is 76.6 cm³/mol. The molecule has 0 fully saturated rings. The Morgan fingerprint density at radius 1 is 1.25 bits per heavy atom. The number of nitrogens with two attached hydrogens (primary N) is 1. The first-order chi connectivity index (χ1) is 9.47. The van der Waals surface area contributed by atoms with Gasteiger partial charge in [0, 0.05) is 20.6 Å². The molecule has 0 aliphatic heterocycles. The van der Waals surface area contributed by atoms with Gasteiger partial charge >= 0.3 is 6.01 Å². The molecule has 0 saturated heterocycles. The normalized spacial score (nSPS) is 10.2. The van der Waals surface area contributed by atoms with E-state index in [1.165, 1.54) is 4.90 Å². The lowest BCUT2D eigenvalue weighted by Gasteiger charge is -2.22. The Hall–Kier alpha value is -2.12. The van der Waals surface area contributed by atoms with Crippen LogP contribution in [0.15, 0.2) is 0 Å². The van der Waals surface area contributed by atoms with Gasteiger partial charge in [-0.1, -0.05) is 6.92 Å². The number of likely N-dealkylation sites (N-methyl/N-ethyl adjacent to an activating group) is 2. The van der Waals surface area contributed by atoms with Gasteiger partial charge in [0.1, 0.15) is 0 Å². The minimum atomic E-state index is -0.0399. The highest BCUT2D eigenvalue weighted by atomic mass is 16.5. The molecule has 8 nitrogen and oxygen atoms in total. The lowest BCUT2D eigenvalue weighted by atomic mass is 10.4. The van der Waals surface area contributed by atoms with Crippen LogP contribution in [0.1, 0.15) is 20.3 Å². The summed E-state index contributed by atoms with van der Waals surface area (Å²) in [7, 11) is 3.40. The summed E-state index contributed by atoms with van der Waals surface area (Å²) in [5, 5.41) is 0. The minimum absolute atomic E-state index is 0.0399. The molecule has 8 heteroatoms. The zero-order valence-corrected chi connectivity index (χ0v) is 12.5. The van der Waals surface area contributed by atoms with E-state index in [9.17, 15) is 4.79 Å². The van der Waals surface area contributed by atoms with Crippen LogP contribution < -0.4 is 15.4 Å². The number of nitrogens with zero attached hydrogens (tertiary/aromatic N) is 5. The maximum atomic E-state index is 11.8. The first-order valence-electron chi connectivity index (χ1n) is 6.57. The van der Waals surface area contributed by atoms with Crippen LogP contribution in [-0.2, 0) is 4.79 Å². The Bertz CT molecular complexity index is 452. The summed E-state index contributed by atoms with van der Waals surface area (Å²) in [6, 6.07) is 0.185. The van der Waals surface area contributed by atoms with Crippen molar-refractivity contribution in [2.45, 2.75) is 20.3 Å². The van der Waals surface area contributed by atoms with E-state index < -0.39 is 0 Å². The summed E-state index contributed by atoms with van der Waals surface area (Å²) in [4.78, 5) is 27.2. The van der Waals surface area contributed by atoms with Crippen molar-refractivity contribution in [1.29, 1.82) is 0 Å². The number of anilines is 2. The smallest absolute Gasteiger partial charge is 0.323 e. The molecule has 0 bridgehead atoms. The van der Waals surface area contributed by atoms with Gasteiger partial charge in [-0.15, -0.1) is 0 Å². The fourth-order valence-corrected chi connectivity index (χ4v) is 1.39. The Balaban J connectivity index is 2.90. The number of amides is 1. The topological polar surface area (TPSA) is 97.5 Å². The van der Waals surface area contributed by atoms with Crippen molar-refractivity contribution in [3.05, 3.63) is 0 Å². The number of hydrogen-bond donors (Lipinski definition) is 1. The SMILES string of the molecule is CCCOc1nc(N)nc(N(CC)CC(=O)N(C)C)n1. The second-order valence-corrected chi connectivity index (χ2v) is 4.43. The number of hydrogen-bond acceptors (Lipinski definition) is 7. The van der Waals surface area contributed by atoms with Crippen molar-refractivity contribution < 1.29 is 9.53 Å². The number of carbonyl (C=O) groups excluding carboxylic acids is 1. The van der Waals surface area contributed by atoms with Gasteiger partial charge in [-0.3, -0.25) is 4.79 Å². The van der Waals surface area contributed by atoms with Crippen LogP contribution in [0.2, 0.25) is 0 Å². The molecule has 0 spiro atoms. The molecule has 0 aromatic carbocycles. The molecular weight excluding hydrogens is 260 g/mol. The van der Waals surface area contributed by atoms with Gasteiger partial charge in [-0.05, 0) is 13.3 Å². The molecule has 0 saturated carbocycles. The van der Waals surface area contributed by atoms with E-state index in [0.717, 1.165) is 6.42 Å². The van der Waals surface area contributed by atoms with Crippen LogP contribution in [0, 0.1) is 0 Å². The average Bonchev–Trinajstić information content (AvgIpc) is 2.41. The van der Waals surface area contributed by atoms with Crippen LogP contribution in [0.4, 0.5) is 11.9 Å². The first kappa shape index (κ1) is 15.9. The highest BCUT2D eigenvalue weighted by Crippen LogP contribution is 2.13. The van der Waals surface area contributed by atoms with E-state index in [2.05, 4.69) is 15.0 Å². The lowest BCUT2D eigenvalue weighted by Crippen LogP contribution is -2.37. The van der Waals surface area contributed by atoms with E-state index in [0.29, 0.717) is 19.1 Å². The summed E-state index contributed by atoms with van der Waals surface area (Å²) in [5.74, 6) is 0.389.